The van der Waals surface area contributed by atoms with Crippen LogP contribution in [0, 0.1) is 6.92 Å². The van der Waals surface area contributed by atoms with E-state index in [4.69, 9.17) is 4.74 Å². The number of para-hydroxylation sites is 1. The van der Waals surface area contributed by atoms with Gasteiger partial charge in [-0.25, -0.2) is 0 Å². The molecule has 3 rings (SSSR count). The monoisotopic (exact) mass is 314 g/mol. The van der Waals surface area contributed by atoms with Crippen LogP contribution in [-0.2, 0) is 4.79 Å². The minimum absolute atomic E-state index is 0.000610. The van der Waals surface area contributed by atoms with E-state index in [9.17, 15) is 9.59 Å². The van der Waals surface area contributed by atoms with Crippen molar-refractivity contribution in [1.29, 1.82) is 0 Å². The first-order valence-corrected chi connectivity index (χ1v) is 8.02. The van der Waals surface area contributed by atoms with Gasteiger partial charge in [0.25, 0.3) is 5.56 Å². The molecule has 1 fully saturated rings. The summed E-state index contributed by atoms with van der Waals surface area (Å²) < 4.78 is 7.02. The number of hydrogen-bond donors (Lipinski definition) is 0. The number of pyridine rings is 1. The van der Waals surface area contributed by atoms with Gasteiger partial charge in [-0.3, -0.25) is 14.2 Å². The van der Waals surface area contributed by atoms with Gasteiger partial charge in [-0.2, -0.15) is 0 Å². The predicted octanol–water partition coefficient (Wildman–Crippen LogP) is 2.50. The molecule has 1 unspecified atom stereocenters. The van der Waals surface area contributed by atoms with Crippen LogP contribution < -0.4 is 10.3 Å². The van der Waals surface area contributed by atoms with E-state index in [2.05, 4.69) is 0 Å². The van der Waals surface area contributed by atoms with Gasteiger partial charge in [-0.15, -0.1) is 0 Å². The van der Waals surface area contributed by atoms with Crippen LogP contribution in [-0.4, -0.2) is 35.6 Å². The third kappa shape index (κ3) is 2.60. The molecule has 23 heavy (non-hydrogen) atoms. The first-order valence-electron chi connectivity index (χ1n) is 8.02. The fourth-order valence-electron chi connectivity index (χ4n) is 3.39. The summed E-state index contributed by atoms with van der Waals surface area (Å²) in [6.45, 7) is 5.25. The molecule has 5 nitrogen and oxygen atoms in total. The normalized spacial score (nSPS) is 15.9. The van der Waals surface area contributed by atoms with Crippen LogP contribution in [0.1, 0.15) is 31.4 Å². The Morgan fingerprint density at radius 1 is 1.26 bits per heavy atom. The number of nitrogens with zero attached hydrogens (tertiary/aromatic N) is 2. The van der Waals surface area contributed by atoms with Crippen molar-refractivity contribution >= 4 is 16.8 Å². The number of aromatic nitrogens is 1. The minimum atomic E-state index is -0.542. The standard InChI is InChI=1S/C18H22N2O3/c1-12-11-16(21)20(13(2)18(22)19-9-4-5-10-19)17-14(12)7-6-8-15(17)23-3/h6-8,11,13H,4-5,9-10H2,1-3H3. The molecule has 0 spiro atoms. The van der Waals surface area contributed by atoms with Gasteiger partial charge in [0.1, 0.15) is 11.8 Å². The van der Waals surface area contributed by atoms with E-state index in [0.717, 1.165) is 36.9 Å². The lowest BCUT2D eigenvalue weighted by atomic mass is 10.1. The highest BCUT2D eigenvalue weighted by atomic mass is 16.5. The van der Waals surface area contributed by atoms with Gasteiger partial charge in [0.2, 0.25) is 5.91 Å². The maximum atomic E-state index is 12.8. The average molecular weight is 314 g/mol. The lowest BCUT2D eigenvalue weighted by molar-refractivity contribution is -0.133. The van der Waals surface area contributed by atoms with Gasteiger partial charge < -0.3 is 9.64 Å². The maximum Gasteiger partial charge on any atom is 0.252 e. The van der Waals surface area contributed by atoms with Crippen molar-refractivity contribution in [2.24, 2.45) is 0 Å². The number of methoxy groups -OCH3 is 1. The summed E-state index contributed by atoms with van der Waals surface area (Å²) in [5.74, 6) is 0.616. The Morgan fingerprint density at radius 3 is 2.61 bits per heavy atom. The molecule has 1 aliphatic heterocycles. The van der Waals surface area contributed by atoms with Crippen LogP contribution >= 0.6 is 0 Å². The number of amides is 1. The van der Waals surface area contributed by atoms with Crippen LogP contribution in [0.2, 0.25) is 0 Å². The topological polar surface area (TPSA) is 51.5 Å². The second kappa shape index (κ2) is 6.07. The van der Waals surface area contributed by atoms with E-state index in [-0.39, 0.29) is 11.5 Å². The van der Waals surface area contributed by atoms with Crippen molar-refractivity contribution < 1.29 is 9.53 Å². The predicted molar refractivity (Wildman–Crippen MR) is 90.0 cm³/mol. The summed E-state index contributed by atoms with van der Waals surface area (Å²) in [5.41, 5.74) is 1.42. The van der Waals surface area contributed by atoms with Crippen molar-refractivity contribution in [1.82, 2.24) is 9.47 Å². The summed E-state index contributed by atoms with van der Waals surface area (Å²) in [7, 11) is 1.58. The largest absolute Gasteiger partial charge is 0.495 e. The lowest BCUT2D eigenvalue weighted by Gasteiger charge is -2.24. The Balaban J connectivity index is 2.19. The molecule has 1 amide bonds. The fraction of sp³-hybridized carbons (Fsp3) is 0.444. The molecule has 1 saturated heterocycles. The van der Waals surface area contributed by atoms with Crippen LogP contribution in [0.15, 0.2) is 29.1 Å². The van der Waals surface area contributed by atoms with Crippen LogP contribution in [0.25, 0.3) is 10.9 Å². The Hall–Kier alpha value is -2.30. The van der Waals surface area contributed by atoms with Crippen LogP contribution in [0.3, 0.4) is 0 Å². The van der Waals surface area contributed by atoms with E-state index in [1.807, 2.05) is 30.0 Å². The van der Waals surface area contributed by atoms with Crippen molar-refractivity contribution in [3.05, 3.63) is 40.2 Å². The Kier molecular flexibility index (Phi) is 4.11. The highest BCUT2D eigenvalue weighted by Gasteiger charge is 2.27. The number of rotatable bonds is 3. The van der Waals surface area contributed by atoms with E-state index in [1.54, 1.807) is 24.7 Å². The zero-order valence-electron chi connectivity index (χ0n) is 13.8. The van der Waals surface area contributed by atoms with E-state index in [0.29, 0.717) is 11.3 Å². The maximum absolute atomic E-state index is 12.8. The van der Waals surface area contributed by atoms with Gasteiger partial charge in [0.05, 0.1) is 12.6 Å². The molecular formula is C18H22N2O3. The molecule has 122 valence electrons. The zero-order chi connectivity index (χ0) is 16.6. The third-order valence-electron chi connectivity index (χ3n) is 4.62. The van der Waals surface area contributed by atoms with Crippen molar-refractivity contribution in [3.8, 4) is 5.75 Å². The van der Waals surface area contributed by atoms with Gasteiger partial charge in [0, 0.05) is 24.5 Å². The second-order valence-corrected chi connectivity index (χ2v) is 6.10. The smallest absolute Gasteiger partial charge is 0.252 e. The molecular weight excluding hydrogens is 292 g/mol. The summed E-state index contributed by atoms with van der Waals surface area (Å²) in [5, 5.41) is 0.935. The van der Waals surface area contributed by atoms with Crippen LogP contribution in [0.4, 0.5) is 0 Å². The highest BCUT2D eigenvalue weighted by molar-refractivity contribution is 5.90. The molecule has 5 heteroatoms. The SMILES string of the molecule is COc1cccc2c(C)cc(=O)n(C(C)C(=O)N3CCCC3)c12. The van der Waals surface area contributed by atoms with Crippen molar-refractivity contribution in [3.63, 3.8) is 0 Å². The second-order valence-electron chi connectivity index (χ2n) is 6.10. The summed E-state index contributed by atoms with van der Waals surface area (Å²) >= 11 is 0. The van der Waals surface area contributed by atoms with Gasteiger partial charge >= 0.3 is 0 Å². The lowest BCUT2D eigenvalue weighted by Crippen LogP contribution is -2.37. The molecule has 2 aromatic rings. The minimum Gasteiger partial charge on any atom is -0.495 e. The first-order chi connectivity index (χ1) is 11.0. The molecule has 1 aromatic carbocycles. The first kappa shape index (κ1) is 15.6. The Labute approximate surface area is 135 Å². The van der Waals surface area contributed by atoms with E-state index < -0.39 is 6.04 Å². The Morgan fingerprint density at radius 2 is 1.96 bits per heavy atom. The number of benzene rings is 1. The number of aryl methyl sites for hydroxylation is 1. The molecule has 0 saturated carbocycles. The number of hydrogen-bond acceptors (Lipinski definition) is 3. The molecule has 0 radical (unpaired) electrons. The number of carbonyl (C=O) groups is 1. The van der Waals surface area contributed by atoms with Crippen molar-refractivity contribution in [2.75, 3.05) is 20.2 Å². The van der Waals surface area contributed by atoms with E-state index >= 15 is 0 Å². The van der Waals surface area contributed by atoms with Crippen molar-refractivity contribution in [2.45, 2.75) is 32.7 Å². The number of ether oxygens (including phenoxy) is 1. The highest BCUT2D eigenvalue weighted by Crippen LogP contribution is 2.29. The molecule has 1 aliphatic rings. The zero-order valence-corrected chi connectivity index (χ0v) is 13.8. The quantitative estimate of drug-likeness (QED) is 0.874. The number of likely N-dealkylation sites (tertiary alicyclic amines) is 1. The van der Waals surface area contributed by atoms with Gasteiger partial charge in [0.15, 0.2) is 0 Å². The molecule has 1 aromatic heterocycles. The molecule has 1 atom stereocenters. The van der Waals surface area contributed by atoms with Gasteiger partial charge in [-0.1, -0.05) is 12.1 Å². The van der Waals surface area contributed by atoms with Gasteiger partial charge in [-0.05, 0) is 38.3 Å². The Bertz CT molecular complexity index is 804. The number of carbonyl (C=O) groups excluding carboxylic acids is 1. The molecule has 0 bridgehead atoms. The average Bonchev–Trinajstić information content (AvgIpc) is 3.08. The number of fused-ring (bicyclic) bond motifs is 1. The molecule has 0 aliphatic carbocycles. The third-order valence-corrected chi connectivity index (χ3v) is 4.62. The summed E-state index contributed by atoms with van der Waals surface area (Å²) in [4.78, 5) is 27.2. The van der Waals surface area contributed by atoms with E-state index in [1.165, 1.54) is 0 Å². The molecule has 2 heterocycles. The summed E-state index contributed by atoms with van der Waals surface area (Å²) in [6.07, 6.45) is 2.07. The fourth-order valence-corrected chi connectivity index (χ4v) is 3.39. The molecule has 0 N–H and O–H groups in total. The summed E-state index contributed by atoms with van der Waals surface area (Å²) in [6, 6.07) is 6.73. The van der Waals surface area contributed by atoms with Crippen LogP contribution in [0.5, 0.6) is 5.75 Å².